The number of rotatable bonds is 5. The Morgan fingerprint density at radius 2 is 1.88 bits per heavy atom. The van der Waals surface area contributed by atoms with Crippen LogP contribution in [-0.2, 0) is 9.53 Å². The monoisotopic (exact) mass is 439 g/mol. The number of amidine groups is 1. The molecular formula is C22H27N6O4+. The normalized spacial score (nSPS) is 21.0. The van der Waals surface area contributed by atoms with Crippen LogP contribution >= 0.6 is 0 Å². The average molecular weight is 439 g/mol. The Kier molecular flexibility index (Phi) is 5.18. The van der Waals surface area contributed by atoms with Crippen molar-refractivity contribution in [1.82, 2.24) is 19.3 Å². The van der Waals surface area contributed by atoms with Crippen molar-refractivity contribution in [2.24, 2.45) is 4.99 Å². The van der Waals surface area contributed by atoms with E-state index in [4.69, 9.17) is 14.5 Å². The summed E-state index contributed by atoms with van der Waals surface area (Å²) in [5, 5.41) is 0. The smallest absolute Gasteiger partial charge is 0.406 e. The van der Waals surface area contributed by atoms with Gasteiger partial charge in [-0.25, -0.2) is 9.36 Å². The highest BCUT2D eigenvalue weighted by molar-refractivity contribution is 6.19. The number of aryl methyl sites for hydroxylation is 1. The number of likely N-dealkylation sites (N-methyl/N-ethyl adjacent to an activating group) is 1. The van der Waals surface area contributed by atoms with E-state index in [-0.39, 0.29) is 11.9 Å². The summed E-state index contributed by atoms with van der Waals surface area (Å²) < 4.78 is 14.5. The first-order chi connectivity index (χ1) is 15.5. The molecule has 3 amide bonds. The Morgan fingerprint density at radius 3 is 2.56 bits per heavy atom. The number of methoxy groups -OCH3 is 1. The van der Waals surface area contributed by atoms with Gasteiger partial charge in [0.1, 0.15) is 23.3 Å². The summed E-state index contributed by atoms with van der Waals surface area (Å²) in [6.45, 7) is 5.94. The highest BCUT2D eigenvalue weighted by Crippen LogP contribution is 2.31. The number of imide groups is 1. The number of morpholine rings is 1. The average Bonchev–Trinajstić information content (AvgIpc) is 3.33. The molecule has 2 aromatic rings. The Balaban J connectivity index is 1.45. The number of carbonyl (C=O) groups excluding carboxylic acids is 2. The molecule has 2 saturated heterocycles. The van der Waals surface area contributed by atoms with Crippen molar-refractivity contribution in [2.75, 3.05) is 53.6 Å². The molecule has 5 rings (SSSR count). The second kappa shape index (κ2) is 8.03. The number of nitrogens with zero attached hydrogens (tertiary/aromatic N) is 6. The maximum Gasteiger partial charge on any atom is 0.406 e. The van der Waals surface area contributed by atoms with Crippen molar-refractivity contribution in [3.8, 4) is 11.4 Å². The molecule has 1 aromatic carbocycles. The Labute approximate surface area is 186 Å². The molecule has 2 fully saturated rings. The lowest BCUT2D eigenvalue weighted by Gasteiger charge is -2.35. The molecule has 32 heavy (non-hydrogen) atoms. The van der Waals surface area contributed by atoms with Crippen LogP contribution in [0.25, 0.3) is 5.69 Å². The van der Waals surface area contributed by atoms with Crippen LogP contribution in [0.3, 0.4) is 0 Å². The van der Waals surface area contributed by atoms with Gasteiger partial charge in [0, 0.05) is 33.2 Å². The molecule has 4 heterocycles. The second-order valence-electron chi connectivity index (χ2n) is 8.17. The molecule has 168 valence electrons. The fourth-order valence-corrected chi connectivity index (χ4v) is 4.51. The number of aliphatic imine (C=N–C) groups is 1. The van der Waals surface area contributed by atoms with E-state index in [1.165, 1.54) is 9.80 Å². The van der Waals surface area contributed by atoms with E-state index in [0.29, 0.717) is 38.1 Å². The summed E-state index contributed by atoms with van der Waals surface area (Å²) in [7, 11) is 3.31. The van der Waals surface area contributed by atoms with Crippen molar-refractivity contribution >= 4 is 23.7 Å². The number of hydrogen-bond acceptors (Lipinski definition) is 6. The van der Waals surface area contributed by atoms with Crippen molar-refractivity contribution in [2.45, 2.75) is 13.0 Å². The molecule has 10 heteroatoms. The highest BCUT2D eigenvalue weighted by Gasteiger charge is 2.53. The number of fused-ring (bicyclic) bond motifs is 3. The van der Waals surface area contributed by atoms with Gasteiger partial charge in [-0.05, 0) is 31.2 Å². The Bertz CT molecular complexity index is 1090. The number of carbonyl (C=O) groups is 2. The van der Waals surface area contributed by atoms with Crippen molar-refractivity contribution < 1.29 is 23.6 Å². The zero-order valence-corrected chi connectivity index (χ0v) is 18.5. The fourth-order valence-electron chi connectivity index (χ4n) is 4.51. The first-order valence-corrected chi connectivity index (χ1v) is 10.7. The van der Waals surface area contributed by atoms with Crippen molar-refractivity contribution in [3.63, 3.8) is 0 Å². The van der Waals surface area contributed by atoms with Gasteiger partial charge in [-0.2, -0.15) is 4.57 Å². The van der Waals surface area contributed by atoms with Crippen molar-refractivity contribution in [1.29, 1.82) is 0 Å². The van der Waals surface area contributed by atoms with Crippen LogP contribution in [0, 0.1) is 6.92 Å². The molecule has 0 spiro atoms. The maximum atomic E-state index is 13.4. The van der Waals surface area contributed by atoms with Gasteiger partial charge in [0.15, 0.2) is 0 Å². The van der Waals surface area contributed by atoms with Gasteiger partial charge in [0.05, 0.1) is 20.3 Å². The van der Waals surface area contributed by atoms with Crippen LogP contribution in [0.1, 0.15) is 11.7 Å². The van der Waals surface area contributed by atoms with Crippen LogP contribution in [0.4, 0.5) is 10.7 Å². The summed E-state index contributed by atoms with van der Waals surface area (Å²) in [4.78, 5) is 36.2. The molecule has 1 atom stereocenters. The predicted octanol–water partition coefficient (Wildman–Crippen LogP) is 0.893. The lowest BCUT2D eigenvalue weighted by Crippen LogP contribution is -2.63. The molecule has 10 nitrogen and oxygen atoms in total. The molecule has 3 aliphatic rings. The first-order valence-electron chi connectivity index (χ1n) is 10.7. The van der Waals surface area contributed by atoms with Gasteiger partial charge >= 0.3 is 12.0 Å². The standard InChI is InChI=1S/C22H27N6O4/c1-15-14-27-18-19(23-21(27)28(15)16-4-6-17(31-3)7-5-16)24(2)22(30)26(20(18)29)9-8-25-10-12-32-13-11-25/h4-7,14,18H,8-13H2,1-3H3/q+1. The Hall–Kier alpha value is -3.24. The minimum atomic E-state index is -0.643. The number of amides is 3. The zero-order chi connectivity index (χ0) is 22.4. The maximum absolute atomic E-state index is 13.4. The summed E-state index contributed by atoms with van der Waals surface area (Å²) in [5.74, 6) is 1.60. The predicted molar refractivity (Wildman–Crippen MR) is 116 cm³/mol. The second-order valence-corrected chi connectivity index (χ2v) is 8.17. The molecular weight excluding hydrogens is 412 g/mol. The topological polar surface area (TPSA) is 83.5 Å². The summed E-state index contributed by atoms with van der Waals surface area (Å²) in [6, 6.07) is 6.68. The van der Waals surface area contributed by atoms with E-state index < -0.39 is 6.04 Å². The van der Waals surface area contributed by atoms with Crippen LogP contribution in [0.2, 0.25) is 0 Å². The van der Waals surface area contributed by atoms with Crippen LogP contribution in [0.5, 0.6) is 5.75 Å². The van der Waals surface area contributed by atoms with E-state index in [0.717, 1.165) is 30.2 Å². The third kappa shape index (κ3) is 3.26. The molecule has 1 aromatic heterocycles. The molecule has 0 bridgehead atoms. The third-order valence-electron chi connectivity index (χ3n) is 6.28. The van der Waals surface area contributed by atoms with Crippen LogP contribution < -0.4 is 9.30 Å². The number of urea groups is 1. The van der Waals surface area contributed by atoms with E-state index in [1.54, 1.807) is 14.2 Å². The Morgan fingerprint density at radius 1 is 1.16 bits per heavy atom. The van der Waals surface area contributed by atoms with Gasteiger partial charge in [0.2, 0.25) is 11.9 Å². The van der Waals surface area contributed by atoms with Crippen LogP contribution in [0.15, 0.2) is 35.5 Å². The molecule has 0 N–H and O–H groups in total. The molecule has 3 aliphatic heterocycles. The number of hydrogen-bond donors (Lipinski definition) is 0. The van der Waals surface area contributed by atoms with Gasteiger partial charge < -0.3 is 9.47 Å². The molecule has 0 aliphatic carbocycles. The fraction of sp³-hybridized carbons (Fsp3) is 0.455. The number of ether oxygens (including phenoxy) is 2. The van der Waals surface area contributed by atoms with E-state index in [2.05, 4.69) is 4.90 Å². The lowest BCUT2D eigenvalue weighted by molar-refractivity contribution is -0.676. The quantitative estimate of drug-likeness (QED) is 0.647. The number of aromatic nitrogens is 2. The molecule has 0 saturated carbocycles. The molecule has 0 radical (unpaired) electrons. The molecule has 1 unspecified atom stereocenters. The van der Waals surface area contributed by atoms with Gasteiger partial charge in [-0.1, -0.05) is 4.99 Å². The van der Waals surface area contributed by atoms with E-state index >= 15 is 0 Å². The minimum Gasteiger partial charge on any atom is -0.497 e. The van der Waals surface area contributed by atoms with Gasteiger partial charge in [-0.3, -0.25) is 19.5 Å². The summed E-state index contributed by atoms with van der Waals surface area (Å²) in [5.41, 5.74) is 1.85. The largest absolute Gasteiger partial charge is 0.497 e. The lowest BCUT2D eigenvalue weighted by atomic mass is 10.1. The zero-order valence-electron chi connectivity index (χ0n) is 18.5. The van der Waals surface area contributed by atoms with Crippen LogP contribution in [-0.4, -0.2) is 90.6 Å². The third-order valence-corrected chi connectivity index (χ3v) is 6.28. The van der Waals surface area contributed by atoms with Gasteiger partial charge in [0.25, 0.3) is 5.91 Å². The minimum absolute atomic E-state index is 0.240. The van der Waals surface area contributed by atoms with E-state index in [9.17, 15) is 9.59 Å². The van der Waals surface area contributed by atoms with Gasteiger partial charge in [-0.15, -0.1) is 0 Å². The van der Waals surface area contributed by atoms with E-state index in [1.807, 2.05) is 46.5 Å². The highest BCUT2D eigenvalue weighted by atomic mass is 16.5. The van der Waals surface area contributed by atoms with Crippen molar-refractivity contribution in [3.05, 3.63) is 36.2 Å². The number of imidazole rings is 1. The first kappa shape index (κ1) is 20.7. The summed E-state index contributed by atoms with van der Waals surface area (Å²) >= 11 is 0. The number of benzene rings is 1. The SMILES string of the molecule is COc1ccc(-n2c(C)c[n+]3c2N=C2C3C(=O)N(CCN3CCOCC3)C(=O)N2C)cc1. The summed E-state index contributed by atoms with van der Waals surface area (Å²) in [6.07, 6.45) is 1.92.